The molecule has 1 aromatic carbocycles. The Morgan fingerprint density at radius 2 is 2.00 bits per heavy atom. The number of aromatic nitrogens is 2. The lowest BCUT2D eigenvalue weighted by Gasteiger charge is -2.04. The van der Waals surface area contributed by atoms with Gasteiger partial charge in [0.2, 0.25) is 0 Å². The molecule has 0 radical (unpaired) electrons. The van der Waals surface area contributed by atoms with Gasteiger partial charge in [-0.1, -0.05) is 23.5 Å². The molecule has 0 aliphatic rings. The van der Waals surface area contributed by atoms with Crippen LogP contribution in [0.1, 0.15) is 21.7 Å². The van der Waals surface area contributed by atoms with Crippen LogP contribution in [0, 0.1) is 18.6 Å². The molecule has 6 nitrogen and oxygen atoms in total. The van der Waals surface area contributed by atoms with Gasteiger partial charge in [0.25, 0.3) is 5.91 Å². The van der Waals surface area contributed by atoms with Gasteiger partial charge in [0.1, 0.15) is 21.5 Å². The number of benzene rings is 1. The van der Waals surface area contributed by atoms with Gasteiger partial charge in [0.05, 0.1) is 11.4 Å². The van der Waals surface area contributed by atoms with Crippen molar-refractivity contribution in [3.63, 3.8) is 0 Å². The largest absolute Gasteiger partial charge is 0.296 e. The van der Waals surface area contributed by atoms with Crippen LogP contribution >= 0.6 is 11.3 Å². The second-order valence-corrected chi connectivity index (χ2v) is 9.17. The van der Waals surface area contributed by atoms with Crippen molar-refractivity contribution in [2.75, 3.05) is 11.1 Å². The van der Waals surface area contributed by atoms with Gasteiger partial charge in [-0.15, -0.1) is 0 Å². The Morgan fingerprint density at radius 3 is 2.68 bits per heavy atom. The third kappa shape index (κ3) is 4.57. The number of carbonyl (C=O) groups excluding carboxylic acids is 1. The third-order valence-corrected chi connectivity index (χ3v) is 7.29. The van der Waals surface area contributed by atoms with E-state index in [9.17, 15) is 22.0 Å². The molecule has 0 unspecified atom stereocenters. The molecule has 1 amide bonds. The standard InChI is InChI=1S/C18H15F2N3O3S2/c1-11-17(27-18(22-11)23-16(24)15-4-2-3-8-21-15)28(25,26)9-7-12-5-6-13(19)10-14(12)20/h2-6,8,10H,7,9H2,1H3,(H,22,23,24). The Kier molecular flexibility index (Phi) is 5.80. The molecule has 146 valence electrons. The van der Waals surface area contributed by atoms with Gasteiger partial charge in [0, 0.05) is 12.3 Å². The number of thiazole rings is 1. The summed E-state index contributed by atoms with van der Waals surface area (Å²) < 4.78 is 51.9. The van der Waals surface area contributed by atoms with Gasteiger partial charge >= 0.3 is 0 Å². The number of carbonyl (C=O) groups is 1. The molecule has 10 heteroatoms. The lowest BCUT2D eigenvalue weighted by Crippen LogP contribution is -2.13. The van der Waals surface area contributed by atoms with Crippen molar-refractivity contribution in [1.29, 1.82) is 0 Å². The van der Waals surface area contributed by atoms with E-state index in [2.05, 4.69) is 15.3 Å². The highest BCUT2D eigenvalue weighted by molar-refractivity contribution is 7.93. The first-order valence-corrected chi connectivity index (χ1v) is 10.6. The van der Waals surface area contributed by atoms with Crippen molar-refractivity contribution in [1.82, 2.24) is 9.97 Å². The highest BCUT2D eigenvalue weighted by atomic mass is 32.2. The topological polar surface area (TPSA) is 89.0 Å². The molecule has 2 aromatic heterocycles. The number of nitrogens with zero attached hydrogens (tertiary/aromatic N) is 2. The summed E-state index contributed by atoms with van der Waals surface area (Å²) in [6.07, 6.45) is 1.36. The zero-order valence-corrected chi connectivity index (χ0v) is 16.3. The molecule has 0 bridgehead atoms. The molecule has 0 fully saturated rings. The van der Waals surface area contributed by atoms with Crippen molar-refractivity contribution in [2.24, 2.45) is 0 Å². The van der Waals surface area contributed by atoms with Crippen LogP contribution in [0.4, 0.5) is 13.9 Å². The Labute approximate surface area is 164 Å². The van der Waals surface area contributed by atoms with E-state index in [1.54, 1.807) is 12.1 Å². The van der Waals surface area contributed by atoms with E-state index in [0.29, 0.717) is 6.07 Å². The van der Waals surface area contributed by atoms with Crippen molar-refractivity contribution in [2.45, 2.75) is 17.6 Å². The SMILES string of the molecule is Cc1nc(NC(=O)c2ccccn2)sc1S(=O)(=O)CCc1ccc(F)cc1F. The number of pyridine rings is 1. The lowest BCUT2D eigenvalue weighted by molar-refractivity contribution is 0.102. The second-order valence-electron chi connectivity index (χ2n) is 5.87. The predicted molar refractivity (Wildman–Crippen MR) is 101 cm³/mol. The molecule has 0 atom stereocenters. The monoisotopic (exact) mass is 423 g/mol. The van der Waals surface area contributed by atoms with Gasteiger partial charge in [-0.05, 0) is 37.1 Å². The normalized spacial score (nSPS) is 11.4. The Hall–Kier alpha value is -2.72. The summed E-state index contributed by atoms with van der Waals surface area (Å²) in [6, 6.07) is 7.85. The van der Waals surface area contributed by atoms with E-state index in [0.717, 1.165) is 17.4 Å². The molecular weight excluding hydrogens is 408 g/mol. The number of nitrogens with one attached hydrogen (secondary N) is 1. The Bertz CT molecular complexity index is 1120. The van der Waals surface area contributed by atoms with Crippen molar-refractivity contribution in [3.05, 3.63) is 71.2 Å². The maximum Gasteiger partial charge on any atom is 0.276 e. The minimum Gasteiger partial charge on any atom is -0.296 e. The summed E-state index contributed by atoms with van der Waals surface area (Å²) in [5.41, 5.74) is 0.517. The molecule has 2 heterocycles. The molecular formula is C18H15F2N3O3S2. The highest BCUT2D eigenvalue weighted by Gasteiger charge is 2.23. The van der Waals surface area contributed by atoms with E-state index in [1.807, 2.05) is 0 Å². The minimum atomic E-state index is -3.77. The Balaban J connectivity index is 1.74. The van der Waals surface area contributed by atoms with Crippen LogP contribution in [0.2, 0.25) is 0 Å². The number of hydrogen-bond acceptors (Lipinski definition) is 6. The second kappa shape index (κ2) is 8.11. The number of sulfone groups is 1. The quantitative estimate of drug-likeness (QED) is 0.657. The van der Waals surface area contributed by atoms with E-state index in [-0.39, 0.29) is 38.5 Å². The number of rotatable bonds is 6. The van der Waals surface area contributed by atoms with Crippen molar-refractivity contribution >= 4 is 32.2 Å². The number of aryl methyl sites for hydroxylation is 2. The van der Waals surface area contributed by atoms with Crippen molar-refractivity contribution < 1.29 is 22.0 Å². The molecule has 0 spiro atoms. The van der Waals surface area contributed by atoms with Crippen LogP contribution in [0.15, 0.2) is 46.8 Å². The van der Waals surface area contributed by atoms with Crippen LogP contribution < -0.4 is 5.32 Å². The lowest BCUT2D eigenvalue weighted by atomic mass is 10.1. The number of halogens is 2. The molecule has 28 heavy (non-hydrogen) atoms. The van der Waals surface area contributed by atoms with Gasteiger partial charge in [-0.25, -0.2) is 22.2 Å². The smallest absolute Gasteiger partial charge is 0.276 e. The fourth-order valence-corrected chi connectivity index (χ4v) is 5.30. The number of anilines is 1. The van der Waals surface area contributed by atoms with Crippen LogP contribution in [-0.4, -0.2) is 30.0 Å². The average Bonchev–Trinajstić information content (AvgIpc) is 3.03. The van der Waals surface area contributed by atoms with Gasteiger partial charge in [-0.3, -0.25) is 15.1 Å². The van der Waals surface area contributed by atoms with E-state index in [1.165, 1.54) is 25.3 Å². The zero-order chi connectivity index (χ0) is 20.3. The zero-order valence-electron chi connectivity index (χ0n) is 14.6. The summed E-state index contributed by atoms with van der Waals surface area (Å²) in [5, 5.41) is 2.65. The number of hydrogen-bond donors (Lipinski definition) is 1. The summed E-state index contributed by atoms with van der Waals surface area (Å²) in [6.45, 7) is 1.51. The molecule has 0 aliphatic carbocycles. The van der Waals surface area contributed by atoms with Gasteiger partial charge in [-0.2, -0.15) is 0 Å². The highest BCUT2D eigenvalue weighted by Crippen LogP contribution is 2.29. The maximum absolute atomic E-state index is 13.7. The third-order valence-electron chi connectivity index (χ3n) is 3.81. The average molecular weight is 423 g/mol. The summed E-state index contributed by atoms with van der Waals surface area (Å²) in [5.74, 6) is -2.39. The van der Waals surface area contributed by atoms with E-state index in [4.69, 9.17) is 0 Å². The number of amides is 1. The molecule has 0 aliphatic heterocycles. The molecule has 1 N–H and O–H groups in total. The van der Waals surface area contributed by atoms with Crippen LogP contribution in [-0.2, 0) is 16.3 Å². The fraction of sp³-hybridized carbons (Fsp3) is 0.167. The molecule has 3 aromatic rings. The molecule has 0 saturated heterocycles. The Morgan fingerprint density at radius 1 is 1.21 bits per heavy atom. The maximum atomic E-state index is 13.7. The van der Waals surface area contributed by atoms with Crippen LogP contribution in [0.3, 0.4) is 0 Å². The summed E-state index contributed by atoms with van der Waals surface area (Å²) >= 11 is 0.819. The van der Waals surface area contributed by atoms with Crippen molar-refractivity contribution in [3.8, 4) is 0 Å². The summed E-state index contributed by atoms with van der Waals surface area (Å²) in [7, 11) is -3.77. The fourth-order valence-electron chi connectivity index (χ4n) is 2.44. The molecule has 0 saturated carbocycles. The molecule has 3 rings (SSSR count). The van der Waals surface area contributed by atoms with Crippen LogP contribution in [0.25, 0.3) is 0 Å². The van der Waals surface area contributed by atoms with Gasteiger partial charge < -0.3 is 0 Å². The van der Waals surface area contributed by atoms with E-state index >= 15 is 0 Å². The predicted octanol–water partition coefficient (Wildman–Crippen LogP) is 3.39. The van der Waals surface area contributed by atoms with E-state index < -0.39 is 27.4 Å². The minimum absolute atomic E-state index is 0.00802. The summed E-state index contributed by atoms with van der Waals surface area (Å²) in [4.78, 5) is 20.1. The first-order valence-electron chi connectivity index (χ1n) is 8.13. The van der Waals surface area contributed by atoms with Gasteiger partial charge in [0.15, 0.2) is 15.0 Å². The first-order chi connectivity index (χ1) is 13.3. The first kappa shape index (κ1) is 20.0. The van der Waals surface area contributed by atoms with Crippen LogP contribution in [0.5, 0.6) is 0 Å².